The van der Waals surface area contributed by atoms with Crippen LogP contribution in [0.3, 0.4) is 0 Å². The smallest absolute Gasteiger partial charge is 0.254 e. The zero-order valence-corrected chi connectivity index (χ0v) is 4.80. The second-order valence-electron chi connectivity index (χ2n) is 1.47. The minimum absolute atomic E-state index is 0.162. The van der Waals surface area contributed by atoms with E-state index in [0.29, 0.717) is 0 Å². The summed E-state index contributed by atoms with van der Waals surface area (Å²) in [6, 6.07) is 0. The third kappa shape index (κ3) is 5.43. The molecule has 0 spiro atoms. The molecule has 0 fully saturated rings. The van der Waals surface area contributed by atoms with Gasteiger partial charge in [0.15, 0.2) is 0 Å². The number of carbonyl (C=O) groups is 1. The second-order valence-corrected chi connectivity index (χ2v) is 1.47. The summed E-state index contributed by atoms with van der Waals surface area (Å²) in [7, 11) is 3.42. The van der Waals surface area contributed by atoms with Crippen molar-refractivity contribution < 1.29 is 4.79 Å². The molecule has 0 aliphatic carbocycles. The first-order valence-corrected chi connectivity index (χ1v) is 2.02. The second kappa shape index (κ2) is 2.58. The maximum absolute atomic E-state index is 10.0. The highest BCUT2D eigenvalue weighted by molar-refractivity contribution is 5.71. The van der Waals surface area contributed by atoms with Crippen molar-refractivity contribution in [1.29, 1.82) is 0 Å². The molecule has 1 radical (unpaired) electrons. The molecule has 0 saturated heterocycles. The molecule has 0 aliphatic rings. The molecule has 0 heterocycles. The summed E-state index contributed by atoms with van der Waals surface area (Å²) < 4.78 is 0. The molecule has 0 aromatic carbocycles. The Morgan fingerprint density at radius 1 is 1.57 bits per heavy atom. The highest BCUT2D eigenvalue weighted by Gasteiger charge is 1.91. The molecule has 0 rings (SSSR count). The molecule has 0 N–H and O–H groups in total. The zero-order chi connectivity index (χ0) is 5.86. The van der Waals surface area contributed by atoms with E-state index in [-0.39, 0.29) is 5.91 Å². The fraction of sp³-hybridized carbons (Fsp3) is 0.750. The van der Waals surface area contributed by atoms with Gasteiger partial charge in [0, 0.05) is 21.0 Å². The van der Waals surface area contributed by atoms with Gasteiger partial charge in [-0.2, -0.15) is 5.43 Å². The summed E-state index contributed by atoms with van der Waals surface area (Å²) in [4.78, 5) is 10.0. The molecule has 0 saturated carbocycles. The fourth-order valence-electron chi connectivity index (χ4n) is 0.282. The molecule has 0 bridgehead atoms. The van der Waals surface area contributed by atoms with Crippen LogP contribution < -0.4 is 5.43 Å². The van der Waals surface area contributed by atoms with Gasteiger partial charge in [-0.25, -0.2) is 5.01 Å². The number of hydrogen-bond acceptors (Lipinski definition) is 2. The van der Waals surface area contributed by atoms with Crippen LogP contribution in [0.15, 0.2) is 0 Å². The molecular formula is C4H9N2O. The van der Waals surface area contributed by atoms with Gasteiger partial charge in [-0.05, 0) is 0 Å². The lowest BCUT2D eigenvalue weighted by Gasteiger charge is -2.02. The van der Waals surface area contributed by atoms with Gasteiger partial charge in [0.25, 0.3) is 5.91 Å². The van der Waals surface area contributed by atoms with Crippen molar-refractivity contribution in [2.24, 2.45) is 0 Å². The first kappa shape index (κ1) is 6.43. The molecule has 0 aromatic rings. The van der Waals surface area contributed by atoms with Gasteiger partial charge in [0.1, 0.15) is 0 Å². The Morgan fingerprint density at radius 3 is 2.00 bits per heavy atom. The zero-order valence-electron chi connectivity index (χ0n) is 4.80. The standard InChI is InChI=1S/C4H9N2O/c1-4(7)5-6(2)3/h1-3H3. The fourth-order valence-corrected chi connectivity index (χ4v) is 0.282. The van der Waals surface area contributed by atoms with E-state index in [2.05, 4.69) is 5.43 Å². The van der Waals surface area contributed by atoms with Gasteiger partial charge in [0.05, 0.1) is 0 Å². The van der Waals surface area contributed by atoms with Crippen molar-refractivity contribution in [3.8, 4) is 0 Å². The highest BCUT2D eigenvalue weighted by atomic mass is 16.2. The molecule has 1 amide bonds. The third-order valence-electron chi connectivity index (χ3n) is 0.341. The highest BCUT2D eigenvalue weighted by Crippen LogP contribution is 1.65. The first-order chi connectivity index (χ1) is 3.13. The van der Waals surface area contributed by atoms with E-state index in [1.807, 2.05) is 0 Å². The first-order valence-electron chi connectivity index (χ1n) is 2.02. The molecule has 3 heteroatoms. The van der Waals surface area contributed by atoms with E-state index in [1.165, 1.54) is 11.9 Å². The van der Waals surface area contributed by atoms with Crippen LogP contribution in [0.5, 0.6) is 0 Å². The molecule has 0 atom stereocenters. The summed E-state index contributed by atoms with van der Waals surface area (Å²) in [5.41, 5.74) is 3.47. The Kier molecular flexibility index (Phi) is 2.37. The van der Waals surface area contributed by atoms with E-state index in [0.717, 1.165) is 0 Å². The molecule has 0 unspecified atom stereocenters. The topological polar surface area (TPSA) is 34.4 Å². The number of rotatable bonds is 1. The SMILES string of the molecule is CC(=O)[N]N(C)C. The van der Waals surface area contributed by atoms with Crippen molar-refractivity contribution in [3.05, 3.63) is 0 Å². The van der Waals surface area contributed by atoms with Crippen molar-refractivity contribution in [2.75, 3.05) is 14.1 Å². The van der Waals surface area contributed by atoms with Crippen LogP contribution >= 0.6 is 0 Å². The van der Waals surface area contributed by atoms with Crippen molar-refractivity contribution >= 4 is 5.91 Å². The lowest BCUT2D eigenvalue weighted by Crippen LogP contribution is -2.26. The Morgan fingerprint density at radius 2 is 2.00 bits per heavy atom. The van der Waals surface area contributed by atoms with Gasteiger partial charge in [0.2, 0.25) is 0 Å². The van der Waals surface area contributed by atoms with Gasteiger partial charge in [-0.15, -0.1) is 0 Å². The minimum Gasteiger partial charge on any atom is -0.272 e. The number of amides is 1. The Bertz CT molecular complexity index is 70.1. The van der Waals surface area contributed by atoms with Crippen LogP contribution in [0, 0.1) is 0 Å². The summed E-state index contributed by atoms with van der Waals surface area (Å²) in [5, 5.41) is 1.47. The van der Waals surface area contributed by atoms with Crippen molar-refractivity contribution in [1.82, 2.24) is 10.4 Å². The average molecular weight is 101 g/mol. The predicted molar refractivity (Wildman–Crippen MR) is 26.5 cm³/mol. The van der Waals surface area contributed by atoms with Crippen LogP contribution in [0.1, 0.15) is 6.92 Å². The summed E-state index contributed by atoms with van der Waals surface area (Å²) in [6.07, 6.45) is 0. The lowest BCUT2D eigenvalue weighted by atomic mass is 10.7. The summed E-state index contributed by atoms with van der Waals surface area (Å²) >= 11 is 0. The van der Waals surface area contributed by atoms with Crippen LogP contribution in [0.25, 0.3) is 0 Å². The van der Waals surface area contributed by atoms with Gasteiger partial charge in [-0.3, -0.25) is 4.79 Å². The van der Waals surface area contributed by atoms with Gasteiger partial charge >= 0.3 is 0 Å². The number of nitrogens with zero attached hydrogens (tertiary/aromatic N) is 2. The molecular weight excluding hydrogens is 92.1 g/mol. The average Bonchev–Trinajstić information content (AvgIpc) is 1.27. The number of hydrogen-bond donors (Lipinski definition) is 0. The van der Waals surface area contributed by atoms with Gasteiger partial charge in [-0.1, -0.05) is 0 Å². The summed E-state index contributed by atoms with van der Waals surface area (Å²) in [5.74, 6) is -0.162. The maximum atomic E-state index is 10.0. The molecule has 41 valence electrons. The minimum atomic E-state index is -0.162. The van der Waals surface area contributed by atoms with E-state index >= 15 is 0 Å². The van der Waals surface area contributed by atoms with Crippen molar-refractivity contribution in [3.63, 3.8) is 0 Å². The predicted octanol–water partition coefficient (Wildman–Crippen LogP) is -0.386. The molecule has 0 aromatic heterocycles. The van der Waals surface area contributed by atoms with E-state index < -0.39 is 0 Å². The maximum Gasteiger partial charge on any atom is 0.254 e. The van der Waals surface area contributed by atoms with Crippen LogP contribution in [0.4, 0.5) is 0 Å². The van der Waals surface area contributed by atoms with Crippen LogP contribution in [-0.4, -0.2) is 25.0 Å². The van der Waals surface area contributed by atoms with Crippen LogP contribution in [0.2, 0.25) is 0 Å². The third-order valence-corrected chi connectivity index (χ3v) is 0.341. The Hall–Kier alpha value is -0.570. The Balaban J connectivity index is 3.13. The summed E-state index contributed by atoms with van der Waals surface area (Å²) in [6.45, 7) is 1.42. The van der Waals surface area contributed by atoms with Crippen molar-refractivity contribution in [2.45, 2.75) is 6.92 Å². The monoisotopic (exact) mass is 101 g/mol. The molecule has 7 heavy (non-hydrogen) atoms. The van der Waals surface area contributed by atoms with E-state index in [1.54, 1.807) is 14.1 Å². The van der Waals surface area contributed by atoms with E-state index in [4.69, 9.17) is 0 Å². The number of carbonyl (C=O) groups excluding carboxylic acids is 1. The largest absolute Gasteiger partial charge is 0.272 e. The lowest BCUT2D eigenvalue weighted by molar-refractivity contribution is -0.123. The van der Waals surface area contributed by atoms with E-state index in [9.17, 15) is 4.79 Å². The molecule has 0 aliphatic heterocycles. The quantitative estimate of drug-likeness (QED) is 0.422. The van der Waals surface area contributed by atoms with Crippen LogP contribution in [-0.2, 0) is 4.79 Å². The normalized spacial score (nSPS) is 9.14. The molecule has 3 nitrogen and oxygen atoms in total. The Labute approximate surface area is 43.3 Å². The van der Waals surface area contributed by atoms with Gasteiger partial charge < -0.3 is 0 Å².